The second-order valence-electron chi connectivity index (χ2n) is 8.76. The number of aliphatic hydroxyl groups excluding tert-OH is 1. The van der Waals surface area contributed by atoms with Gasteiger partial charge >= 0.3 is 5.97 Å². The molecule has 0 bridgehead atoms. The van der Waals surface area contributed by atoms with Gasteiger partial charge in [0.1, 0.15) is 12.4 Å². The van der Waals surface area contributed by atoms with Crippen LogP contribution < -0.4 is 10.2 Å². The quantitative estimate of drug-likeness (QED) is 0.667. The predicted octanol–water partition coefficient (Wildman–Crippen LogP) is 3.61. The van der Waals surface area contributed by atoms with Crippen LogP contribution in [0.15, 0.2) is 12.1 Å². The lowest BCUT2D eigenvalue weighted by Crippen LogP contribution is -2.59. The van der Waals surface area contributed by atoms with Gasteiger partial charge in [-0.25, -0.2) is 4.39 Å². The van der Waals surface area contributed by atoms with E-state index in [0.717, 1.165) is 56.3 Å². The monoisotopic (exact) mass is 433 g/mol. The summed E-state index contributed by atoms with van der Waals surface area (Å²) in [6.07, 6.45) is 7.97. The summed E-state index contributed by atoms with van der Waals surface area (Å²) in [4.78, 5) is 28.0. The third-order valence-corrected chi connectivity index (χ3v) is 6.67. The number of ether oxygens (including phenoxy) is 1. The Morgan fingerprint density at radius 3 is 2.52 bits per heavy atom. The topological polar surface area (TPSA) is 82.1 Å². The van der Waals surface area contributed by atoms with Crippen molar-refractivity contribution in [3.05, 3.63) is 23.5 Å². The molecular weight excluding hydrogens is 401 g/mol. The third kappa shape index (κ3) is 4.49. The van der Waals surface area contributed by atoms with E-state index in [0.29, 0.717) is 11.4 Å². The van der Waals surface area contributed by atoms with E-state index >= 15 is 4.39 Å². The van der Waals surface area contributed by atoms with Crippen molar-refractivity contribution in [3.8, 4) is 0 Å². The van der Waals surface area contributed by atoms with Gasteiger partial charge in [-0.05, 0) is 44.7 Å². The molecule has 1 atom stereocenters. The first kappa shape index (κ1) is 21.9. The fraction of sp³-hybridized carbons (Fsp3) is 0.652. The molecule has 1 aliphatic heterocycles. The molecule has 1 amide bonds. The van der Waals surface area contributed by atoms with Crippen molar-refractivity contribution in [1.82, 2.24) is 4.90 Å². The van der Waals surface area contributed by atoms with Crippen molar-refractivity contribution in [1.29, 1.82) is 0 Å². The van der Waals surface area contributed by atoms with Gasteiger partial charge in [0.25, 0.3) is 5.91 Å². The number of fused-ring (bicyclic) bond motifs is 1. The second-order valence-corrected chi connectivity index (χ2v) is 8.76. The number of amides is 1. The van der Waals surface area contributed by atoms with Gasteiger partial charge in [-0.2, -0.15) is 0 Å². The van der Waals surface area contributed by atoms with Gasteiger partial charge in [-0.15, -0.1) is 0 Å². The maximum absolute atomic E-state index is 15.0. The van der Waals surface area contributed by atoms with Crippen LogP contribution in [0.25, 0.3) is 0 Å². The van der Waals surface area contributed by atoms with Crippen LogP contribution in [0.5, 0.6) is 0 Å². The Morgan fingerprint density at radius 1 is 1.16 bits per heavy atom. The summed E-state index contributed by atoms with van der Waals surface area (Å²) >= 11 is 0. The fourth-order valence-corrected chi connectivity index (χ4v) is 5.13. The molecule has 2 aliphatic carbocycles. The Morgan fingerprint density at radius 2 is 1.84 bits per heavy atom. The summed E-state index contributed by atoms with van der Waals surface area (Å²) in [7, 11) is 0. The van der Waals surface area contributed by atoms with Gasteiger partial charge in [-0.1, -0.05) is 32.1 Å². The number of esters is 1. The number of hydrogen-bond acceptors (Lipinski definition) is 6. The van der Waals surface area contributed by atoms with Crippen LogP contribution in [0.1, 0.15) is 75.1 Å². The molecule has 1 aromatic rings. The first-order valence-corrected chi connectivity index (χ1v) is 11.5. The largest absolute Gasteiger partial charge is 0.465 e. The van der Waals surface area contributed by atoms with Crippen molar-refractivity contribution in [2.45, 2.75) is 83.1 Å². The number of nitrogens with zero attached hydrogens (tertiary/aromatic N) is 2. The van der Waals surface area contributed by atoms with Gasteiger partial charge in [0.05, 0.1) is 23.5 Å². The van der Waals surface area contributed by atoms with Crippen LogP contribution in [0, 0.1) is 5.82 Å². The SMILES string of the molecule is CCOC(=O)CN1C(=O)c2cc(F)c(NC3CCCCC3)cc2N(C2CCCC2)[C@@H]1O. The molecular formula is C23H32FN3O4. The van der Waals surface area contributed by atoms with Crippen LogP contribution in [0.3, 0.4) is 0 Å². The average Bonchev–Trinajstić information content (AvgIpc) is 3.28. The molecule has 0 unspecified atom stereocenters. The number of hydrogen-bond donors (Lipinski definition) is 2. The van der Waals surface area contributed by atoms with E-state index in [1.165, 1.54) is 12.5 Å². The van der Waals surface area contributed by atoms with Crippen molar-refractivity contribution in [2.75, 3.05) is 23.4 Å². The molecule has 0 spiro atoms. The van der Waals surface area contributed by atoms with Crippen molar-refractivity contribution < 1.29 is 23.8 Å². The molecule has 170 valence electrons. The lowest BCUT2D eigenvalue weighted by atomic mass is 9.95. The summed E-state index contributed by atoms with van der Waals surface area (Å²) in [5, 5.41) is 14.4. The maximum Gasteiger partial charge on any atom is 0.325 e. The number of anilines is 2. The minimum atomic E-state index is -1.29. The minimum Gasteiger partial charge on any atom is -0.465 e. The van der Waals surface area contributed by atoms with Crippen molar-refractivity contribution >= 4 is 23.3 Å². The van der Waals surface area contributed by atoms with Crippen molar-refractivity contribution in [2.24, 2.45) is 0 Å². The van der Waals surface area contributed by atoms with E-state index in [-0.39, 0.29) is 30.8 Å². The summed E-state index contributed by atoms with van der Waals surface area (Å²) < 4.78 is 20.0. The molecule has 0 radical (unpaired) electrons. The lowest BCUT2D eigenvalue weighted by molar-refractivity contribution is -0.146. The number of aliphatic hydroxyl groups is 1. The summed E-state index contributed by atoms with van der Waals surface area (Å²) in [5.41, 5.74) is 1.07. The zero-order valence-electron chi connectivity index (χ0n) is 18.1. The number of carbonyl (C=O) groups excluding carboxylic acids is 2. The number of rotatable bonds is 6. The van der Waals surface area contributed by atoms with Gasteiger partial charge in [0, 0.05) is 12.1 Å². The van der Waals surface area contributed by atoms with Crippen LogP contribution in [0.2, 0.25) is 0 Å². The highest BCUT2D eigenvalue weighted by molar-refractivity contribution is 6.03. The average molecular weight is 434 g/mol. The highest BCUT2D eigenvalue weighted by Gasteiger charge is 2.42. The van der Waals surface area contributed by atoms with Gasteiger partial charge < -0.3 is 20.1 Å². The number of nitrogens with one attached hydrogen (secondary N) is 1. The minimum absolute atomic E-state index is 0.0273. The Bertz CT molecular complexity index is 821. The van der Waals surface area contributed by atoms with Crippen LogP contribution in [-0.4, -0.2) is 53.5 Å². The number of carbonyl (C=O) groups is 2. The van der Waals surface area contributed by atoms with E-state index in [1.807, 2.05) is 0 Å². The van der Waals surface area contributed by atoms with Crippen LogP contribution >= 0.6 is 0 Å². The standard InChI is InChI=1S/C23H32FN3O4/c1-2-31-21(28)14-26-22(29)17-12-18(24)19(25-15-8-4-3-5-9-15)13-20(17)27(23(26)30)16-10-6-7-11-16/h12-13,15-16,23,25,30H,2-11,14H2,1H3/t23-/m1/s1. The Hall–Kier alpha value is -2.35. The molecule has 1 heterocycles. The van der Waals surface area contributed by atoms with E-state index in [4.69, 9.17) is 4.74 Å². The summed E-state index contributed by atoms with van der Waals surface area (Å²) in [6.45, 7) is 1.49. The maximum atomic E-state index is 15.0. The van der Waals surface area contributed by atoms with E-state index in [2.05, 4.69) is 5.32 Å². The smallest absolute Gasteiger partial charge is 0.325 e. The van der Waals surface area contributed by atoms with Crippen molar-refractivity contribution in [3.63, 3.8) is 0 Å². The Balaban J connectivity index is 1.68. The number of benzene rings is 1. The molecule has 2 N–H and O–H groups in total. The Labute approximate surface area is 182 Å². The molecule has 8 heteroatoms. The molecule has 1 aromatic carbocycles. The number of halogens is 1. The zero-order valence-corrected chi connectivity index (χ0v) is 18.1. The van der Waals surface area contributed by atoms with E-state index < -0.39 is 24.0 Å². The van der Waals surface area contributed by atoms with Crippen LogP contribution in [-0.2, 0) is 9.53 Å². The molecule has 0 aromatic heterocycles. The predicted molar refractivity (Wildman–Crippen MR) is 115 cm³/mol. The lowest BCUT2D eigenvalue weighted by Gasteiger charge is -2.45. The normalized spacial score (nSPS) is 22.5. The Kier molecular flexibility index (Phi) is 6.65. The first-order valence-electron chi connectivity index (χ1n) is 11.5. The van der Waals surface area contributed by atoms with Gasteiger partial charge in [-0.3, -0.25) is 14.5 Å². The van der Waals surface area contributed by atoms with Gasteiger partial charge in [0.2, 0.25) is 6.35 Å². The summed E-state index contributed by atoms with van der Waals surface area (Å²) in [5.74, 6) is -1.65. The van der Waals surface area contributed by atoms with Gasteiger partial charge in [0.15, 0.2) is 0 Å². The third-order valence-electron chi connectivity index (χ3n) is 6.67. The zero-order chi connectivity index (χ0) is 22.0. The highest BCUT2D eigenvalue weighted by atomic mass is 19.1. The molecule has 0 saturated heterocycles. The first-order chi connectivity index (χ1) is 15.0. The fourth-order valence-electron chi connectivity index (χ4n) is 5.13. The second kappa shape index (κ2) is 9.42. The molecule has 31 heavy (non-hydrogen) atoms. The highest BCUT2D eigenvalue weighted by Crippen LogP contribution is 2.39. The van der Waals surface area contributed by atoms with E-state index in [1.54, 1.807) is 17.9 Å². The van der Waals surface area contributed by atoms with E-state index in [9.17, 15) is 14.7 Å². The molecule has 2 saturated carbocycles. The molecule has 4 rings (SSSR count). The van der Waals surface area contributed by atoms with Crippen LogP contribution in [0.4, 0.5) is 15.8 Å². The molecule has 7 nitrogen and oxygen atoms in total. The summed E-state index contributed by atoms with van der Waals surface area (Å²) in [6, 6.07) is 3.15. The molecule has 2 fully saturated rings. The molecule has 3 aliphatic rings.